The number of nitrogens with zero attached hydrogens (tertiary/aromatic N) is 1. The second-order valence-corrected chi connectivity index (χ2v) is 6.09. The highest BCUT2D eigenvalue weighted by atomic mass is 35.5. The summed E-state index contributed by atoms with van der Waals surface area (Å²) in [6.07, 6.45) is -1.47. The number of hydrogen-bond donors (Lipinski definition) is 2. The van der Waals surface area contributed by atoms with Crippen molar-refractivity contribution >= 4 is 36.8 Å². The molecule has 120 valence electrons. The molecule has 2 rings (SSSR count). The summed E-state index contributed by atoms with van der Waals surface area (Å²) in [6.45, 7) is 1.61. The molecule has 0 bridgehead atoms. The Bertz CT molecular complexity index is 659. The number of rotatable bonds is 4. The fourth-order valence-electron chi connectivity index (χ4n) is 2.10. The van der Waals surface area contributed by atoms with E-state index in [1.54, 1.807) is 6.92 Å². The van der Waals surface area contributed by atoms with Crippen LogP contribution in [0.25, 0.3) is 0 Å². The van der Waals surface area contributed by atoms with Gasteiger partial charge in [-0.3, -0.25) is 14.5 Å². The Balaban J connectivity index is 2.39. The monoisotopic (exact) mass is 349 g/mol. The lowest BCUT2D eigenvalue weighted by Crippen LogP contribution is -2.46. The van der Waals surface area contributed by atoms with Gasteiger partial charge >= 0.3 is 7.82 Å². The molecule has 1 unspecified atom stereocenters. The van der Waals surface area contributed by atoms with Gasteiger partial charge in [0.2, 0.25) is 5.91 Å². The van der Waals surface area contributed by atoms with Gasteiger partial charge in [0, 0.05) is 17.0 Å². The SMILES string of the molecule is CCC(=O)N1c2ccc(Cl)cc2C(=O)CC1OOP(=O)(O)O. The van der Waals surface area contributed by atoms with Crippen molar-refractivity contribution in [2.24, 2.45) is 0 Å². The molecule has 0 aliphatic carbocycles. The molecule has 1 aromatic rings. The van der Waals surface area contributed by atoms with Gasteiger partial charge in [0.1, 0.15) is 0 Å². The Morgan fingerprint density at radius 2 is 2.18 bits per heavy atom. The zero-order valence-electron chi connectivity index (χ0n) is 11.4. The van der Waals surface area contributed by atoms with Crippen molar-refractivity contribution in [1.82, 2.24) is 0 Å². The minimum Gasteiger partial charge on any atom is -0.301 e. The molecule has 0 fully saturated rings. The standard InChI is InChI=1S/C12H13ClNO7P/c1-2-11(16)14-9-4-3-7(13)5-8(9)10(15)6-12(14)20-21-22(17,18)19/h3-5,12H,2,6H2,1H3,(H2,17,18,19). The number of hydrogen-bond acceptors (Lipinski definition) is 5. The normalized spacial score (nSPS) is 18.3. The number of halogens is 1. The molecule has 0 radical (unpaired) electrons. The number of Topliss-reactive ketones (excluding diaryl/α,β-unsaturated/α-hetero) is 1. The van der Waals surface area contributed by atoms with Crippen molar-refractivity contribution in [3.8, 4) is 0 Å². The summed E-state index contributed by atoms with van der Waals surface area (Å²) in [5.41, 5.74) is 0.497. The van der Waals surface area contributed by atoms with Crippen LogP contribution in [0.3, 0.4) is 0 Å². The van der Waals surface area contributed by atoms with E-state index in [0.29, 0.717) is 5.02 Å². The molecule has 1 amide bonds. The molecule has 1 aliphatic heterocycles. The lowest BCUT2D eigenvalue weighted by Gasteiger charge is -2.34. The van der Waals surface area contributed by atoms with E-state index in [-0.39, 0.29) is 29.9 Å². The predicted molar refractivity (Wildman–Crippen MR) is 76.2 cm³/mol. The van der Waals surface area contributed by atoms with Gasteiger partial charge in [-0.05, 0) is 18.2 Å². The van der Waals surface area contributed by atoms with E-state index in [2.05, 4.69) is 9.56 Å². The van der Waals surface area contributed by atoms with E-state index in [0.717, 1.165) is 4.90 Å². The van der Waals surface area contributed by atoms with Crippen LogP contribution in [-0.2, 0) is 18.9 Å². The van der Waals surface area contributed by atoms with Crippen molar-refractivity contribution < 1.29 is 33.5 Å². The molecule has 0 aromatic heterocycles. The average molecular weight is 350 g/mol. The average Bonchev–Trinajstić information content (AvgIpc) is 2.44. The number of amides is 1. The van der Waals surface area contributed by atoms with Gasteiger partial charge in [0.05, 0.1) is 12.1 Å². The number of anilines is 1. The summed E-state index contributed by atoms with van der Waals surface area (Å²) in [4.78, 5) is 47.3. The number of fused-ring (bicyclic) bond motifs is 1. The smallest absolute Gasteiger partial charge is 0.301 e. The van der Waals surface area contributed by atoms with Gasteiger partial charge in [-0.1, -0.05) is 18.5 Å². The van der Waals surface area contributed by atoms with Crippen molar-refractivity contribution in [2.45, 2.75) is 26.0 Å². The minimum atomic E-state index is -4.90. The largest absolute Gasteiger partial charge is 0.496 e. The third-order valence-electron chi connectivity index (χ3n) is 2.99. The molecule has 0 spiro atoms. The summed E-state index contributed by atoms with van der Waals surface area (Å²) in [5.74, 6) is -0.771. The number of ketones is 1. The molecule has 1 atom stereocenters. The van der Waals surface area contributed by atoms with Crippen LogP contribution in [0.1, 0.15) is 30.1 Å². The second-order valence-electron chi connectivity index (χ2n) is 4.52. The van der Waals surface area contributed by atoms with Gasteiger partial charge in [-0.25, -0.2) is 9.45 Å². The van der Waals surface area contributed by atoms with E-state index in [4.69, 9.17) is 21.4 Å². The van der Waals surface area contributed by atoms with Crippen LogP contribution in [0.5, 0.6) is 0 Å². The molecule has 1 heterocycles. The van der Waals surface area contributed by atoms with E-state index in [1.165, 1.54) is 18.2 Å². The number of carbonyl (C=O) groups is 2. The lowest BCUT2D eigenvalue weighted by atomic mass is 9.99. The topological polar surface area (TPSA) is 113 Å². The maximum absolute atomic E-state index is 12.1. The summed E-state index contributed by atoms with van der Waals surface area (Å²) < 4.78 is 14.7. The van der Waals surface area contributed by atoms with Gasteiger partial charge in [0.15, 0.2) is 12.0 Å². The summed E-state index contributed by atoms with van der Waals surface area (Å²) in [7, 11) is -4.90. The van der Waals surface area contributed by atoms with Crippen molar-refractivity contribution in [2.75, 3.05) is 4.90 Å². The third-order valence-corrected chi connectivity index (χ3v) is 3.50. The van der Waals surface area contributed by atoms with Gasteiger partial charge in [-0.2, -0.15) is 0 Å². The minimum absolute atomic E-state index is 0.103. The summed E-state index contributed by atoms with van der Waals surface area (Å²) in [6, 6.07) is 4.39. The molecule has 22 heavy (non-hydrogen) atoms. The van der Waals surface area contributed by atoms with Crippen LogP contribution in [0.15, 0.2) is 18.2 Å². The van der Waals surface area contributed by atoms with Crippen molar-refractivity contribution in [3.05, 3.63) is 28.8 Å². The second kappa shape index (κ2) is 6.45. The fourth-order valence-corrected chi connectivity index (χ4v) is 2.49. The first kappa shape index (κ1) is 17.1. The zero-order chi connectivity index (χ0) is 16.5. The fraction of sp³-hybridized carbons (Fsp3) is 0.333. The highest BCUT2D eigenvalue weighted by Crippen LogP contribution is 2.39. The van der Waals surface area contributed by atoms with Crippen LogP contribution in [-0.4, -0.2) is 27.7 Å². The van der Waals surface area contributed by atoms with E-state index in [9.17, 15) is 14.2 Å². The first-order valence-corrected chi connectivity index (χ1v) is 8.19. The predicted octanol–water partition coefficient (Wildman–Crippen LogP) is 2.04. The highest BCUT2D eigenvalue weighted by Gasteiger charge is 2.37. The Kier molecular flexibility index (Phi) is 5.01. The van der Waals surface area contributed by atoms with Gasteiger partial charge in [-0.15, -0.1) is 4.67 Å². The lowest BCUT2D eigenvalue weighted by molar-refractivity contribution is -0.256. The molecule has 1 aliphatic rings. The Labute approximate surface area is 130 Å². The highest BCUT2D eigenvalue weighted by molar-refractivity contribution is 7.46. The molecule has 8 nitrogen and oxygen atoms in total. The van der Waals surface area contributed by atoms with Crippen LogP contribution >= 0.6 is 19.4 Å². The Morgan fingerprint density at radius 1 is 1.50 bits per heavy atom. The molecular weight excluding hydrogens is 337 g/mol. The maximum Gasteiger partial charge on any atom is 0.496 e. The van der Waals surface area contributed by atoms with Gasteiger partial charge in [0.25, 0.3) is 0 Å². The van der Waals surface area contributed by atoms with E-state index in [1.807, 2.05) is 0 Å². The molecule has 0 saturated heterocycles. The summed E-state index contributed by atoms with van der Waals surface area (Å²) >= 11 is 5.85. The number of phosphoric acid groups is 1. The Hall–Kier alpha value is -1.28. The van der Waals surface area contributed by atoms with Crippen LogP contribution in [0, 0.1) is 0 Å². The number of benzene rings is 1. The van der Waals surface area contributed by atoms with Crippen LogP contribution in [0.4, 0.5) is 5.69 Å². The Morgan fingerprint density at radius 3 is 2.77 bits per heavy atom. The molecule has 2 N–H and O–H groups in total. The summed E-state index contributed by atoms with van der Waals surface area (Å²) in [5, 5.41) is 0.335. The third kappa shape index (κ3) is 3.73. The van der Waals surface area contributed by atoms with Crippen LogP contribution in [0.2, 0.25) is 5.02 Å². The quantitative estimate of drug-likeness (QED) is 0.485. The van der Waals surface area contributed by atoms with Gasteiger partial charge < -0.3 is 9.79 Å². The molecule has 10 heteroatoms. The van der Waals surface area contributed by atoms with Crippen LogP contribution < -0.4 is 4.90 Å². The first-order valence-electron chi connectivity index (χ1n) is 6.28. The van der Waals surface area contributed by atoms with E-state index < -0.39 is 20.0 Å². The maximum atomic E-state index is 12.1. The van der Waals surface area contributed by atoms with Crippen molar-refractivity contribution in [3.63, 3.8) is 0 Å². The zero-order valence-corrected chi connectivity index (χ0v) is 13.1. The van der Waals surface area contributed by atoms with Crippen molar-refractivity contribution in [1.29, 1.82) is 0 Å². The first-order chi connectivity index (χ1) is 10.2. The molecular formula is C12H13ClNO7P. The number of carbonyl (C=O) groups excluding carboxylic acids is 2. The molecule has 0 saturated carbocycles. The molecule has 1 aromatic carbocycles. The van der Waals surface area contributed by atoms with E-state index >= 15 is 0 Å².